The molecule has 0 saturated heterocycles. The smallest absolute Gasteiger partial charge is 0.126 e. The van der Waals surface area contributed by atoms with Crippen molar-refractivity contribution in [1.29, 1.82) is 0 Å². The molecule has 0 fully saturated rings. The molecule has 0 aromatic heterocycles. The number of carbonyl (C=O) groups excluding carboxylic acids is 1. The molecule has 1 unspecified atom stereocenters. The lowest BCUT2D eigenvalue weighted by Gasteiger charge is -2.07. The molecule has 0 aliphatic heterocycles. The number of hydrogen-bond donors (Lipinski definition) is 0. The van der Waals surface area contributed by atoms with E-state index in [1.165, 1.54) is 19.3 Å². The molecule has 0 spiro atoms. The molecule has 0 bridgehead atoms. The molecule has 0 amide bonds. The van der Waals surface area contributed by atoms with E-state index >= 15 is 0 Å². The molecule has 0 saturated carbocycles. The summed E-state index contributed by atoms with van der Waals surface area (Å²) < 4.78 is 0. The van der Waals surface area contributed by atoms with E-state index in [0.29, 0.717) is 0 Å². The predicted octanol–water partition coefficient (Wildman–Crippen LogP) is 2.32. The van der Waals surface area contributed by atoms with Crippen molar-refractivity contribution >= 4 is 6.29 Å². The van der Waals surface area contributed by atoms with E-state index in [1.54, 1.807) is 0 Å². The van der Waals surface area contributed by atoms with Crippen molar-refractivity contribution in [1.82, 2.24) is 0 Å². The first kappa shape index (κ1) is 7.52. The number of rotatable bonds is 1. The maximum absolute atomic E-state index is 10.4. The summed E-state index contributed by atoms with van der Waals surface area (Å²) in [4.78, 5) is 10.4. The number of carbonyl (C=O) groups is 1. The van der Waals surface area contributed by atoms with Crippen molar-refractivity contribution in [2.45, 2.75) is 32.1 Å². The van der Waals surface area contributed by atoms with E-state index in [9.17, 15) is 4.79 Å². The van der Waals surface area contributed by atoms with E-state index in [0.717, 1.165) is 19.1 Å². The fourth-order valence-corrected chi connectivity index (χ4v) is 1.30. The van der Waals surface area contributed by atoms with Crippen molar-refractivity contribution < 1.29 is 4.79 Å². The van der Waals surface area contributed by atoms with Crippen molar-refractivity contribution in [2.75, 3.05) is 0 Å². The average molecular weight is 138 g/mol. The van der Waals surface area contributed by atoms with E-state index in [4.69, 9.17) is 0 Å². The van der Waals surface area contributed by atoms with Gasteiger partial charge in [-0.1, -0.05) is 25.0 Å². The Morgan fingerprint density at radius 1 is 1.30 bits per heavy atom. The Kier molecular flexibility index (Phi) is 3.20. The summed E-state index contributed by atoms with van der Waals surface area (Å²) in [6.45, 7) is 0. The zero-order chi connectivity index (χ0) is 7.23. The molecule has 1 atom stereocenters. The fraction of sp³-hybridized carbons (Fsp3) is 0.667. The minimum atomic E-state index is 0.209. The number of allylic oxidation sites excluding steroid dienone is 2. The molecule has 1 heteroatoms. The quantitative estimate of drug-likeness (QED) is 0.401. The molecular formula is C9H14O. The van der Waals surface area contributed by atoms with Crippen molar-refractivity contribution in [2.24, 2.45) is 5.92 Å². The first-order valence-electron chi connectivity index (χ1n) is 4.05. The third kappa shape index (κ3) is 2.34. The molecule has 0 N–H and O–H groups in total. The number of aldehydes is 1. The Labute approximate surface area is 62.1 Å². The molecule has 56 valence electrons. The van der Waals surface area contributed by atoms with Crippen LogP contribution in [0.25, 0.3) is 0 Å². The molecule has 0 heterocycles. The van der Waals surface area contributed by atoms with Gasteiger partial charge in [-0.05, 0) is 19.3 Å². The van der Waals surface area contributed by atoms with Crippen LogP contribution in [-0.4, -0.2) is 6.29 Å². The second kappa shape index (κ2) is 4.26. The lowest BCUT2D eigenvalue weighted by molar-refractivity contribution is -0.110. The standard InChI is InChI=1S/C9H14O/c10-8-9-6-4-2-1-3-5-7-9/h4,6,8-9H,1-3,5,7H2/b6-4+. The molecule has 10 heavy (non-hydrogen) atoms. The Morgan fingerprint density at radius 2 is 2.20 bits per heavy atom. The summed E-state index contributed by atoms with van der Waals surface area (Å²) in [5.41, 5.74) is 0. The zero-order valence-corrected chi connectivity index (χ0v) is 6.25. The summed E-state index contributed by atoms with van der Waals surface area (Å²) in [6.07, 6.45) is 11.3. The van der Waals surface area contributed by atoms with Crippen LogP contribution in [0, 0.1) is 5.92 Å². The molecule has 0 aromatic carbocycles. The molecular weight excluding hydrogens is 124 g/mol. The molecule has 1 nitrogen and oxygen atoms in total. The van der Waals surface area contributed by atoms with E-state index < -0.39 is 0 Å². The zero-order valence-electron chi connectivity index (χ0n) is 6.25. The highest BCUT2D eigenvalue weighted by atomic mass is 16.1. The lowest BCUT2D eigenvalue weighted by atomic mass is 9.98. The van der Waals surface area contributed by atoms with Gasteiger partial charge in [-0.15, -0.1) is 0 Å². The maximum atomic E-state index is 10.4. The minimum Gasteiger partial charge on any atom is -0.303 e. The van der Waals surface area contributed by atoms with Crippen LogP contribution in [0.15, 0.2) is 12.2 Å². The Morgan fingerprint density at radius 3 is 3.00 bits per heavy atom. The summed E-state index contributed by atoms with van der Waals surface area (Å²) in [6, 6.07) is 0. The highest BCUT2D eigenvalue weighted by molar-refractivity contribution is 5.56. The van der Waals surface area contributed by atoms with Gasteiger partial charge in [0, 0.05) is 5.92 Å². The summed E-state index contributed by atoms with van der Waals surface area (Å²) in [7, 11) is 0. The van der Waals surface area contributed by atoms with E-state index in [-0.39, 0.29) is 5.92 Å². The number of hydrogen-bond acceptors (Lipinski definition) is 1. The van der Waals surface area contributed by atoms with E-state index in [2.05, 4.69) is 6.08 Å². The van der Waals surface area contributed by atoms with Crippen LogP contribution in [0.3, 0.4) is 0 Å². The van der Waals surface area contributed by atoms with E-state index in [1.807, 2.05) is 6.08 Å². The SMILES string of the molecule is O=CC1/C=C/CCCCC1. The van der Waals surface area contributed by atoms with Gasteiger partial charge in [-0.3, -0.25) is 0 Å². The van der Waals surface area contributed by atoms with Crippen LogP contribution >= 0.6 is 0 Å². The van der Waals surface area contributed by atoms with Gasteiger partial charge in [-0.25, -0.2) is 0 Å². The first-order chi connectivity index (χ1) is 4.93. The predicted molar refractivity (Wildman–Crippen MR) is 41.8 cm³/mol. The van der Waals surface area contributed by atoms with Gasteiger partial charge < -0.3 is 4.79 Å². The van der Waals surface area contributed by atoms with Gasteiger partial charge in [0.1, 0.15) is 6.29 Å². The highest BCUT2D eigenvalue weighted by Gasteiger charge is 2.03. The summed E-state index contributed by atoms with van der Waals surface area (Å²) in [5.74, 6) is 0.209. The Hall–Kier alpha value is -0.590. The molecule has 1 aliphatic rings. The van der Waals surface area contributed by atoms with Crippen molar-refractivity contribution in [3.05, 3.63) is 12.2 Å². The largest absolute Gasteiger partial charge is 0.303 e. The highest BCUT2D eigenvalue weighted by Crippen LogP contribution is 2.14. The van der Waals surface area contributed by atoms with Crippen LogP contribution in [0.5, 0.6) is 0 Å². The monoisotopic (exact) mass is 138 g/mol. The second-order valence-electron chi connectivity index (χ2n) is 2.87. The van der Waals surface area contributed by atoms with Crippen molar-refractivity contribution in [3.8, 4) is 0 Å². The summed E-state index contributed by atoms with van der Waals surface area (Å²) >= 11 is 0. The third-order valence-electron chi connectivity index (χ3n) is 1.97. The Balaban J connectivity index is 2.40. The average Bonchev–Trinajstić information content (AvgIpc) is 1.87. The maximum Gasteiger partial charge on any atom is 0.126 e. The topological polar surface area (TPSA) is 17.1 Å². The van der Waals surface area contributed by atoms with Crippen LogP contribution in [0.1, 0.15) is 32.1 Å². The van der Waals surface area contributed by atoms with Gasteiger partial charge in [0.05, 0.1) is 0 Å². The van der Waals surface area contributed by atoms with Crippen LogP contribution in [0.4, 0.5) is 0 Å². The van der Waals surface area contributed by atoms with Gasteiger partial charge in [0.15, 0.2) is 0 Å². The van der Waals surface area contributed by atoms with Crippen LogP contribution < -0.4 is 0 Å². The molecule has 1 rings (SSSR count). The normalized spacial score (nSPS) is 30.2. The van der Waals surface area contributed by atoms with Crippen LogP contribution in [-0.2, 0) is 4.79 Å². The van der Waals surface area contributed by atoms with Crippen molar-refractivity contribution in [3.63, 3.8) is 0 Å². The molecule has 0 radical (unpaired) electrons. The summed E-state index contributed by atoms with van der Waals surface area (Å²) in [5, 5.41) is 0. The third-order valence-corrected chi connectivity index (χ3v) is 1.97. The van der Waals surface area contributed by atoms with Gasteiger partial charge in [0.2, 0.25) is 0 Å². The van der Waals surface area contributed by atoms with Gasteiger partial charge in [-0.2, -0.15) is 0 Å². The molecule has 0 aromatic rings. The second-order valence-corrected chi connectivity index (χ2v) is 2.87. The fourth-order valence-electron chi connectivity index (χ4n) is 1.30. The Bertz CT molecular complexity index is 127. The van der Waals surface area contributed by atoms with Crippen LogP contribution in [0.2, 0.25) is 0 Å². The lowest BCUT2D eigenvalue weighted by Crippen LogP contribution is -1.99. The van der Waals surface area contributed by atoms with Gasteiger partial charge >= 0.3 is 0 Å². The van der Waals surface area contributed by atoms with Gasteiger partial charge in [0.25, 0.3) is 0 Å². The minimum absolute atomic E-state index is 0.209. The first-order valence-corrected chi connectivity index (χ1v) is 4.05. The molecule has 1 aliphatic carbocycles.